The second-order valence-corrected chi connectivity index (χ2v) is 11.5. The molecule has 3 heterocycles. The molecule has 0 spiro atoms. The summed E-state index contributed by atoms with van der Waals surface area (Å²) in [5.41, 5.74) is 1.06. The highest BCUT2D eigenvalue weighted by atomic mass is 32.2. The predicted molar refractivity (Wildman–Crippen MR) is 145 cm³/mol. The van der Waals surface area contributed by atoms with Crippen LogP contribution in [0.25, 0.3) is 11.0 Å². The van der Waals surface area contributed by atoms with Gasteiger partial charge in [-0.1, -0.05) is 18.7 Å². The van der Waals surface area contributed by atoms with Crippen LogP contribution in [0, 0.1) is 0 Å². The van der Waals surface area contributed by atoms with E-state index in [0.29, 0.717) is 74.7 Å². The summed E-state index contributed by atoms with van der Waals surface area (Å²) in [4.78, 5) is 22.2. The Kier molecular flexibility index (Phi) is 9.91. The number of ether oxygens (including phenoxy) is 2. The third kappa shape index (κ3) is 6.80. The molecule has 0 aliphatic carbocycles. The number of rotatable bonds is 13. The number of anilines is 1. The van der Waals surface area contributed by atoms with Crippen LogP contribution in [0.2, 0.25) is 0 Å². The molecule has 206 valence electrons. The van der Waals surface area contributed by atoms with E-state index in [2.05, 4.69) is 32.6 Å². The third-order valence-electron chi connectivity index (χ3n) is 5.84. The number of methoxy groups -OCH3 is 1. The van der Waals surface area contributed by atoms with Crippen LogP contribution in [0.3, 0.4) is 0 Å². The molecular formula is C24H33N7O5S2. The average Bonchev–Trinajstić information content (AvgIpc) is 3.35. The van der Waals surface area contributed by atoms with Gasteiger partial charge in [-0.05, 0) is 30.7 Å². The van der Waals surface area contributed by atoms with Crippen LogP contribution in [0.1, 0.15) is 23.7 Å². The number of hydrogen-bond acceptors (Lipinski definition) is 10. The molecule has 0 atom stereocenters. The topological polar surface area (TPSA) is 141 Å². The fourth-order valence-electron chi connectivity index (χ4n) is 3.85. The van der Waals surface area contributed by atoms with Gasteiger partial charge in [0, 0.05) is 44.6 Å². The average molecular weight is 564 g/mol. The summed E-state index contributed by atoms with van der Waals surface area (Å²) in [6, 6.07) is 5.97. The number of hydrogen-bond donors (Lipinski definition) is 2. The van der Waals surface area contributed by atoms with Gasteiger partial charge in [0.2, 0.25) is 10.0 Å². The minimum Gasteiger partial charge on any atom is -0.383 e. The van der Waals surface area contributed by atoms with Crippen molar-refractivity contribution in [3.05, 3.63) is 36.0 Å². The number of sulfonamides is 1. The number of aromatic nitrogens is 4. The molecular weight excluding hydrogens is 530 g/mol. The van der Waals surface area contributed by atoms with Gasteiger partial charge >= 0.3 is 0 Å². The lowest BCUT2D eigenvalue weighted by Gasteiger charge is -2.26. The lowest BCUT2D eigenvalue weighted by molar-refractivity contribution is 0.0730. The van der Waals surface area contributed by atoms with Crippen molar-refractivity contribution in [2.45, 2.75) is 29.9 Å². The largest absolute Gasteiger partial charge is 0.383 e. The number of carbonyl (C=O) groups excluding carboxylic acids is 1. The van der Waals surface area contributed by atoms with E-state index in [9.17, 15) is 13.2 Å². The molecule has 0 radical (unpaired) electrons. The third-order valence-corrected chi connectivity index (χ3v) is 8.81. The molecule has 2 N–H and O–H groups in total. The monoisotopic (exact) mass is 563 g/mol. The molecule has 1 fully saturated rings. The summed E-state index contributed by atoms with van der Waals surface area (Å²) in [6.07, 6.45) is 2.72. The van der Waals surface area contributed by atoms with E-state index in [4.69, 9.17) is 9.47 Å². The fourth-order valence-corrected chi connectivity index (χ4v) is 5.96. The van der Waals surface area contributed by atoms with Crippen molar-refractivity contribution in [1.29, 1.82) is 0 Å². The number of nitrogens with zero attached hydrogens (tertiary/aromatic N) is 5. The summed E-state index contributed by atoms with van der Waals surface area (Å²) in [5, 5.41) is 12.1. The first kappa shape index (κ1) is 28.2. The Bertz CT molecular complexity index is 1330. The first-order chi connectivity index (χ1) is 18.4. The van der Waals surface area contributed by atoms with Crippen LogP contribution in [0.15, 0.2) is 40.5 Å². The number of amides is 1. The molecule has 1 amide bonds. The summed E-state index contributed by atoms with van der Waals surface area (Å²) >= 11 is 1.58. The second-order valence-electron chi connectivity index (χ2n) is 8.52. The highest BCUT2D eigenvalue weighted by molar-refractivity contribution is 7.99. The van der Waals surface area contributed by atoms with Gasteiger partial charge in [0.25, 0.3) is 5.91 Å². The second kappa shape index (κ2) is 13.3. The minimum atomic E-state index is -3.61. The maximum absolute atomic E-state index is 12.8. The number of thioether (sulfide) groups is 1. The van der Waals surface area contributed by atoms with Gasteiger partial charge in [0.15, 0.2) is 10.8 Å². The predicted octanol–water partition coefficient (Wildman–Crippen LogP) is 1.84. The molecule has 38 heavy (non-hydrogen) atoms. The van der Waals surface area contributed by atoms with E-state index in [-0.39, 0.29) is 10.8 Å². The Morgan fingerprint density at radius 2 is 1.92 bits per heavy atom. The Morgan fingerprint density at radius 3 is 2.63 bits per heavy atom. The van der Waals surface area contributed by atoms with Crippen molar-refractivity contribution in [1.82, 2.24) is 29.4 Å². The highest BCUT2D eigenvalue weighted by Crippen LogP contribution is 2.25. The molecule has 1 aromatic carbocycles. The Hall–Kier alpha value is -2.78. The van der Waals surface area contributed by atoms with Gasteiger partial charge in [-0.3, -0.25) is 4.79 Å². The smallest absolute Gasteiger partial charge is 0.251 e. The van der Waals surface area contributed by atoms with E-state index in [1.54, 1.807) is 29.8 Å². The zero-order valence-electron chi connectivity index (χ0n) is 21.6. The lowest BCUT2D eigenvalue weighted by atomic mass is 10.2. The number of fused-ring (bicyclic) bond motifs is 1. The zero-order valence-corrected chi connectivity index (χ0v) is 23.2. The normalized spacial score (nSPS) is 14.6. The number of carbonyl (C=O) groups is 1. The highest BCUT2D eigenvalue weighted by Gasteiger charge is 2.26. The van der Waals surface area contributed by atoms with Gasteiger partial charge in [0.1, 0.15) is 5.82 Å². The first-order valence-electron chi connectivity index (χ1n) is 12.5. The summed E-state index contributed by atoms with van der Waals surface area (Å²) in [7, 11) is -1.96. The van der Waals surface area contributed by atoms with Crippen molar-refractivity contribution in [2.75, 3.05) is 64.2 Å². The molecule has 14 heteroatoms. The molecule has 4 rings (SSSR count). The quantitative estimate of drug-likeness (QED) is 0.180. The lowest BCUT2D eigenvalue weighted by Crippen LogP contribution is -2.40. The number of benzene rings is 1. The van der Waals surface area contributed by atoms with Gasteiger partial charge < -0.3 is 20.1 Å². The van der Waals surface area contributed by atoms with Gasteiger partial charge in [-0.25, -0.2) is 23.1 Å². The molecule has 1 aliphatic rings. The van der Waals surface area contributed by atoms with E-state index < -0.39 is 10.0 Å². The maximum atomic E-state index is 12.8. The number of nitrogens with one attached hydrogen (secondary N) is 2. The van der Waals surface area contributed by atoms with Crippen molar-refractivity contribution in [2.24, 2.45) is 0 Å². The molecule has 3 aromatic rings. The SMILES string of the molecule is CCCSc1nc(NCCOC)c2cnn(CCNC(=O)c3ccc(S(=O)(=O)N4CCOCC4)cc3)c2n1. The standard InChI is InChI=1S/C24H33N7O5S2/c1-3-16-37-24-28-21(25-9-13-35-2)20-17-27-31(22(20)29-24)10-8-26-23(32)18-4-6-19(7-5-18)38(33,34)30-11-14-36-15-12-30/h4-7,17H,3,8-16H2,1-2H3,(H,26,32)(H,25,28,29). The molecule has 0 saturated carbocycles. The van der Waals surface area contributed by atoms with Crippen molar-refractivity contribution in [3.63, 3.8) is 0 Å². The molecule has 2 aromatic heterocycles. The van der Waals surface area contributed by atoms with Crippen LogP contribution < -0.4 is 10.6 Å². The maximum Gasteiger partial charge on any atom is 0.251 e. The summed E-state index contributed by atoms with van der Waals surface area (Å²) in [6.45, 7) is 5.37. The number of morpholine rings is 1. The fraction of sp³-hybridized carbons (Fsp3) is 0.500. The van der Waals surface area contributed by atoms with Crippen LogP contribution in [-0.4, -0.2) is 97.2 Å². The van der Waals surface area contributed by atoms with Crippen LogP contribution in [-0.2, 0) is 26.0 Å². The van der Waals surface area contributed by atoms with Gasteiger partial charge in [0.05, 0.1) is 42.8 Å². The van der Waals surface area contributed by atoms with Gasteiger partial charge in [-0.2, -0.15) is 9.40 Å². The molecule has 12 nitrogen and oxygen atoms in total. The van der Waals surface area contributed by atoms with Crippen molar-refractivity contribution >= 4 is 44.5 Å². The summed E-state index contributed by atoms with van der Waals surface area (Å²) in [5.74, 6) is 1.31. The van der Waals surface area contributed by atoms with E-state index in [1.165, 1.54) is 28.6 Å². The van der Waals surface area contributed by atoms with Crippen molar-refractivity contribution < 1.29 is 22.7 Å². The first-order valence-corrected chi connectivity index (χ1v) is 14.9. The Morgan fingerprint density at radius 1 is 1.16 bits per heavy atom. The Labute approximate surface area is 226 Å². The molecule has 1 aliphatic heterocycles. The Balaban J connectivity index is 1.40. The van der Waals surface area contributed by atoms with Crippen LogP contribution in [0.4, 0.5) is 5.82 Å². The van der Waals surface area contributed by atoms with Gasteiger partial charge in [-0.15, -0.1) is 0 Å². The zero-order chi connectivity index (χ0) is 27.0. The van der Waals surface area contributed by atoms with Crippen LogP contribution in [0.5, 0.6) is 0 Å². The van der Waals surface area contributed by atoms with E-state index >= 15 is 0 Å². The summed E-state index contributed by atoms with van der Waals surface area (Å²) < 4.78 is 39.1. The van der Waals surface area contributed by atoms with Crippen LogP contribution >= 0.6 is 11.8 Å². The van der Waals surface area contributed by atoms with Crippen molar-refractivity contribution in [3.8, 4) is 0 Å². The molecule has 0 bridgehead atoms. The van der Waals surface area contributed by atoms with E-state index in [0.717, 1.165) is 17.6 Å². The minimum absolute atomic E-state index is 0.158. The molecule has 0 unspecified atom stereocenters. The molecule has 1 saturated heterocycles. The van der Waals surface area contributed by atoms with E-state index in [1.807, 2.05) is 0 Å².